The highest BCUT2D eigenvalue weighted by molar-refractivity contribution is 5.94. The van der Waals surface area contributed by atoms with Gasteiger partial charge in [0.1, 0.15) is 0 Å². The first-order valence-corrected chi connectivity index (χ1v) is 6.82. The van der Waals surface area contributed by atoms with Crippen molar-refractivity contribution in [2.45, 2.75) is 38.6 Å². The zero-order chi connectivity index (χ0) is 13.0. The zero-order valence-electron chi connectivity index (χ0n) is 11.1. The molecular weight excluding hydrogens is 224 g/mol. The third kappa shape index (κ3) is 2.91. The van der Waals surface area contributed by atoms with Gasteiger partial charge in [0.25, 0.3) is 5.91 Å². The molecular formula is C15H22N2O. The molecule has 2 N–H and O–H groups in total. The van der Waals surface area contributed by atoms with E-state index in [-0.39, 0.29) is 5.91 Å². The van der Waals surface area contributed by atoms with Crippen LogP contribution < -0.4 is 5.73 Å². The number of hydrogen-bond acceptors (Lipinski definition) is 2. The van der Waals surface area contributed by atoms with Crippen LogP contribution in [0.15, 0.2) is 24.3 Å². The molecule has 3 heteroatoms. The molecule has 1 aromatic rings. The number of piperidine rings is 1. The average molecular weight is 246 g/mol. The van der Waals surface area contributed by atoms with Crippen LogP contribution >= 0.6 is 0 Å². The minimum Gasteiger partial charge on any atom is -0.336 e. The van der Waals surface area contributed by atoms with E-state index in [4.69, 9.17) is 5.73 Å². The van der Waals surface area contributed by atoms with Crippen LogP contribution in [0.3, 0.4) is 0 Å². The van der Waals surface area contributed by atoms with Crippen molar-refractivity contribution in [2.75, 3.05) is 13.1 Å². The predicted molar refractivity (Wildman–Crippen MR) is 73.5 cm³/mol. The van der Waals surface area contributed by atoms with E-state index in [0.717, 1.165) is 31.4 Å². The molecule has 98 valence electrons. The number of nitrogens with two attached hydrogens (primary N) is 1. The maximum atomic E-state index is 12.4. The van der Waals surface area contributed by atoms with Gasteiger partial charge in [0.15, 0.2) is 0 Å². The Balaban J connectivity index is 2.08. The van der Waals surface area contributed by atoms with E-state index < -0.39 is 0 Å². The molecule has 1 heterocycles. The summed E-state index contributed by atoms with van der Waals surface area (Å²) >= 11 is 0. The van der Waals surface area contributed by atoms with Crippen molar-refractivity contribution in [2.24, 2.45) is 5.73 Å². The summed E-state index contributed by atoms with van der Waals surface area (Å²) in [5, 5.41) is 0. The second-order valence-electron chi connectivity index (χ2n) is 5.08. The first-order chi connectivity index (χ1) is 8.72. The minimum atomic E-state index is 0.168. The zero-order valence-corrected chi connectivity index (χ0v) is 11.1. The summed E-state index contributed by atoms with van der Waals surface area (Å²) < 4.78 is 0. The fourth-order valence-corrected chi connectivity index (χ4v) is 2.55. The van der Waals surface area contributed by atoms with Gasteiger partial charge in [0, 0.05) is 18.2 Å². The number of nitrogens with zero attached hydrogens (tertiary/aromatic N) is 1. The highest BCUT2D eigenvalue weighted by Crippen LogP contribution is 2.19. The number of carbonyl (C=O) groups excluding carboxylic acids is 1. The van der Waals surface area contributed by atoms with Crippen molar-refractivity contribution in [3.8, 4) is 0 Å². The van der Waals surface area contributed by atoms with Crippen LogP contribution in [0.1, 0.15) is 42.1 Å². The molecule has 0 radical (unpaired) electrons. The van der Waals surface area contributed by atoms with Gasteiger partial charge in [0.05, 0.1) is 0 Å². The Hall–Kier alpha value is -1.35. The smallest absolute Gasteiger partial charge is 0.254 e. The molecule has 1 aliphatic heterocycles. The first kappa shape index (κ1) is 13.1. The molecule has 0 saturated carbocycles. The number of benzene rings is 1. The Morgan fingerprint density at radius 3 is 2.67 bits per heavy atom. The molecule has 2 rings (SSSR count). The molecule has 1 atom stereocenters. The third-order valence-corrected chi connectivity index (χ3v) is 3.70. The van der Waals surface area contributed by atoms with Gasteiger partial charge in [-0.25, -0.2) is 0 Å². The SMILES string of the molecule is CC1CCCCN1C(=O)c1ccc(CCN)cc1. The summed E-state index contributed by atoms with van der Waals surface area (Å²) in [5.74, 6) is 0.168. The van der Waals surface area contributed by atoms with E-state index in [0.29, 0.717) is 12.6 Å². The molecule has 0 aromatic heterocycles. The van der Waals surface area contributed by atoms with Crippen LogP contribution in [0.5, 0.6) is 0 Å². The van der Waals surface area contributed by atoms with Crippen molar-refractivity contribution in [1.29, 1.82) is 0 Å². The van der Waals surface area contributed by atoms with Crippen molar-refractivity contribution >= 4 is 5.91 Å². The largest absolute Gasteiger partial charge is 0.336 e. The normalized spacial score (nSPS) is 19.9. The molecule has 1 amide bonds. The highest BCUT2D eigenvalue weighted by Gasteiger charge is 2.23. The summed E-state index contributed by atoms with van der Waals surface area (Å²) in [5.41, 5.74) is 7.51. The highest BCUT2D eigenvalue weighted by atomic mass is 16.2. The van der Waals surface area contributed by atoms with Crippen molar-refractivity contribution in [3.63, 3.8) is 0 Å². The van der Waals surface area contributed by atoms with E-state index in [1.165, 1.54) is 12.0 Å². The predicted octanol–water partition coefficient (Wildman–Crippen LogP) is 2.20. The Morgan fingerprint density at radius 1 is 1.33 bits per heavy atom. The van der Waals surface area contributed by atoms with Crippen molar-refractivity contribution in [3.05, 3.63) is 35.4 Å². The molecule has 18 heavy (non-hydrogen) atoms. The summed E-state index contributed by atoms with van der Waals surface area (Å²) in [6.45, 7) is 3.68. The number of likely N-dealkylation sites (tertiary alicyclic amines) is 1. The Morgan fingerprint density at radius 2 is 2.06 bits per heavy atom. The second-order valence-corrected chi connectivity index (χ2v) is 5.08. The minimum absolute atomic E-state index is 0.168. The molecule has 0 spiro atoms. The first-order valence-electron chi connectivity index (χ1n) is 6.82. The van der Waals surface area contributed by atoms with Crippen molar-refractivity contribution < 1.29 is 4.79 Å². The lowest BCUT2D eigenvalue weighted by molar-refractivity contribution is 0.0635. The van der Waals surface area contributed by atoms with E-state index in [2.05, 4.69) is 6.92 Å². The van der Waals surface area contributed by atoms with Crippen LogP contribution in [0.4, 0.5) is 0 Å². The Kier molecular flexibility index (Phi) is 4.37. The topological polar surface area (TPSA) is 46.3 Å². The lowest BCUT2D eigenvalue weighted by Gasteiger charge is -2.33. The van der Waals surface area contributed by atoms with Gasteiger partial charge in [-0.15, -0.1) is 0 Å². The van der Waals surface area contributed by atoms with Crippen molar-refractivity contribution in [1.82, 2.24) is 4.90 Å². The van der Waals surface area contributed by atoms with Gasteiger partial charge in [-0.1, -0.05) is 12.1 Å². The Labute approximate surface area is 109 Å². The lowest BCUT2D eigenvalue weighted by Crippen LogP contribution is -2.42. The number of rotatable bonds is 3. The van der Waals surface area contributed by atoms with Gasteiger partial charge >= 0.3 is 0 Å². The average Bonchev–Trinajstić information content (AvgIpc) is 2.40. The van der Waals surface area contributed by atoms with Crippen LogP contribution in [-0.2, 0) is 6.42 Å². The quantitative estimate of drug-likeness (QED) is 0.888. The molecule has 1 unspecified atom stereocenters. The Bertz CT molecular complexity index is 399. The molecule has 1 saturated heterocycles. The fraction of sp³-hybridized carbons (Fsp3) is 0.533. The fourth-order valence-electron chi connectivity index (χ4n) is 2.55. The molecule has 0 bridgehead atoms. The van der Waals surface area contributed by atoms with Gasteiger partial charge in [-0.3, -0.25) is 4.79 Å². The maximum Gasteiger partial charge on any atom is 0.254 e. The monoisotopic (exact) mass is 246 g/mol. The van der Waals surface area contributed by atoms with Gasteiger partial charge in [0.2, 0.25) is 0 Å². The van der Waals surface area contributed by atoms with Crippen LogP contribution in [-0.4, -0.2) is 29.9 Å². The van der Waals surface area contributed by atoms with Gasteiger partial charge < -0.3 is 10.6 Å². The molecule has 1 fully saturated rings. The summed E-state index contributed by atoms with van der Waals surface area (Å²) in [7, 11) is 0. The molecule has 1 aromatic carbocycles. The van der Waals surface area contributed by atoms with Gasteiger partial charge in [-0.2, -0.15) is 0 Å². The number of amides is 1. The lowest BCUT2D eigenvalue weighted by atomic mass is 10.0. The summed E-state index contributed by atoms with van der Waals surface area (Å²) in [4.78, 5) is 14.4. The van der Waals surface area contributed by atoms with E-state index in [1.54, 1.807) is 0 Å². The van der Waals surface area contributed by atoms with Crippen LogP contribution in [0.25, 0.3) is 0 Å². The number of carbonyl (C=O) groups is 1. The molecule has 3 nitrogen and oxygen atoms in total. The molecule has 1 aliphatic rings. The van der Waals surface area contributed by atoms with Crippen LogP contribution in [0.2, 0.25) is 0 Å². The van der Waals surface area contributed by atoms with Crippen LogP contribution in [0, 0.1) is 0 Å². The van der Waals surface area contributed by atoms with E-state index in [9.17, 15) is 4.79 Å². The maximum absolute atomic E-state index is 12.4. The third-order valence-electron chi connectivity index (χ3n) is 3.70. The summed E-state index contributed by atoms with van der Waals surface area (Å²) in [6, 6.07) is 8.24. The second kappa shape index (κ2) is 6.01. The standard InChI is InChI=1S/C15H22N2O/c1-12-4-2-3-11-17(12)15(18)14-7-5-13(6-8-14)9-10-16/h5-8,12H,2-4,9-11,16H2,1H3. The van der Waals surface area contributed by atoms with E-state index >= 15 is 0 Å². The summed E-state index contributed by atoms with van der Waals surface area (Å²) in [6.07, 6.45) is 4.35. The van der Waals surface area contributed by atoms with E-state index in [1.807, 2.05) is 29.2 Å². The molecule has 0 aliphatic carbocycles. The van der Waals surface area contributed by atoms with Gasteiger partial charge in [-0.05, 0) is 56.8 Å². The number of hydrogen-bond donors (Lipinski definition) is 1.